The number of aryl methyl sites for hydroxylation is 2. The summed E-state index contributed by atoms with van der Waals surface area (Å²) in [5.41, 5.74) is 3.90. The minimum atomic E-state index is 0.664. The van der Waals surface area contributed by atoms with Crippen molar-refractivity contribution in [1.82, 2.24) is 20.3 Å². The topological polar surface area (TPSA) is 50.7 Å². The molecule has 0 atom stereocenters. The molecule has 0 radical (unpaired) electrons. The van der Waals surface area contributed by atoms with E-state index in [-0.39, 0.29) is 0 Å². The third kappa shape index (κ3) is 2.57. The third-order valence-corrected chi connectivity index (χ3v) is 3.38. The number of halogens is 1. The number of nitrogens with one attached hydrogen (secondary N) is 1. The van der Waals surface area contributed by atoms with Gasteiger partial charge in [-0.2, -0.15) is 0 Å². The van der Waals surface area contributed by atoms with E-state index in [1.54, 1.807) is 6.20 Å². The largest absolute Gasteiger partial charge is 0.316 e. The second-order valence-electron chi connectivity index (χ2n) is 4.06. The Labute approximate surface area is 115 Å². The molecule has 5 heteroatoms. The standard InChI is InChI=1S/C13H15BrN4/c1-8-10(7-15-3)9(2)18-13(17-8)12-11(14)5-4-6-16-12/h4-6,15H,7H2,1-3H3. The van der Waals surface area contributed by atoms with Gasteiger partial charge in [-0.25, -0.2) is 9.97 Å². The van der Waals surface area contributed by atoms with Crippen LogP contribution in [0, 0.1) is 13.8 Å². The first-order valence-electron chi connectivity index (χ1n) is 5.73. The van der Waals surface area contributed by atoms with Crippen LogP contribution in [-0.2, 0) is 6.54 Å². The maximum absolute atomic E-state index is 4.54. The van der Waals surface area contributed by atoms with Crippen LogP contribution in [0.5, 0.6) is 0 Å². The van der Waals surface area contributed by atoms with E-state index in [0.29, 0.717) is 5.82 Å². The second-order valence-corrected chi connectivity index (χ2v) is 4.92. The Kier molecular flexibility index (Phi) is 4.04. The highest BCUT2D eigenvalue weighted by Gasteiger charge is 2.12. The molecule has 94 valence electrons. The zero-order valence-corrected chi connectivity index (χ0v) is 12.2. The fourth-order valence-corrected chi connectivity index (χ4v) is 2.26. The summed E-state index contributed by atoms with van der Waals surface area (Å²) < 4.78 is 0.908. The van der Waals surface area contributed by atoms with E-state index in [4.69, 9.17) is 0 Å². The van der Waals surface area contributed by atoms with Gasteiger partial charge >= 0.3 is 0 Å². The van der Waals surface area contributed by atoms with E-state index >= 15 is 0 Å². The summed E-state index contributed by atoms with van der Waals surface area (Å²) in [6.07, 6.45) is 1.75. The maximum atomic E-state index is 4.54. The first kappa shape index (κ1) is 13.1. The number of pyridine rings is 1. The Morgan fingerprint density at radius 3 is 2.44 bits per heavy atom. The zero-order chi connectivity index (χ0) is 13.1. The molecule has 0 aromatic carbocycles. The van der Waals surface area contributed by atoms with Crippen LogP contribution in [0.3, 0.4) is 0 Å². The Balaban J connectivity index is 2.52. The number of rotatable bonds is 3. The molecule has 0 bridgehead atoms. The van der Waals surface area contributed by atoms with Crippen LogP contribution in [0.1, 0.15) is 17.0 Å². The fourth-order valence-electron chi connectivity index (χ4n) is 1.83. The third-order valence-electron chi connectivity index (χ3n) is 2.74. The van der Waals surface area contributed by atoms with Crippen molar-refractivity contribution in [3.8, 4) is 11.5 Å². The molecule has 0 saturated carbocycles. The Morgan fingerprint density at radius 1 is 1.22 bits per heavy atom. The van der Waals surface area contributed by atoms with Crippen LogP contribution in [0.4, 0.5) is 0 Å². The Morgan fingerprint density at radius 2 is 1.89 bits per heavy atom. The molecule has 2 heterocycles. The normalized spacial score (nSPS) is 10.7. The van der Waals surface area contributed by atoms with Crippen LogP contribution in [0.25, 0.3) is 11.5 Å². The Bertz CT molecular complexity index is 546. The van der Waals surface area contributed by atoms with Gasteiger partial charge in [-0.15, -0.1) is 0 Å². The monoisotopic (exact) mass is 306 g/mol. The molecule has 0 amide bonds. The average molecular weight is 307 g/mol. The molecular weight excluding hydrogens is 292 g/mol. The summed E-state index contributed by atoms with van der Waals surface area (Å²) in [7, 11) is 1.92. The number of hydrogen-bond donors (Lipinski definition) is 1. The summed E-state index contributed by atoms with van der Waals surface area (Å²) in [5, 5.41) is 3.13. The number of nitrogens with zero attached hydrogens (tertiary/aromatic N) is 3. The van der Waals surface area contributed by atoms with Crippen molar-refractivity contribution in [2.24, 2.45) is 0 Å². The highest BCUT2D eigenvalue weighted by molar-refractivity contribution is 9.10. The minimum absolute atomic E-state index is 0.664. The van der Waals surface area contributed by atoms with E-state index in [1.165, 1.54) is 0 Å². The highest BCUT2D eigenvalue weighted by Crippen LogP contribution is 2.24. The molecule has 0 fully saturated rings. The van der Waals surface area contributed by atoms with E-state index in [1.807, 2.05) is 33.0 Å². The van der Waals surface area contributed by atoms with Crippen LogP contribution in [-0.4, -0.2) is 22.0 Å². The molecule has 0 aliphatic carbocycles. The van der Waals surface area contributed by atoms with Gasteiger partial charge in [-0.1, -0.05) is 0 Å². The van der Waals surface area contributed by atoms with Crippen molar-refractivity contribution in [3.63, 3.8) is 0 Å². The molecule has 2 rings (SSSR count). The van der Waals surface area contributed by atoms with Gasteiger partial charge < -0.3 is 5.32 Å². The fraction of sp³-hybridized carbons (Fsp3) is 0.308. The molecular formula is C13H15BrN4. The molecule has 2 aromatic heterocycles. The highest BCUT2D eigenvalue weighted by atomic mass is 79.9. The second kappa shape index (κ2) is 5.54. The Hall–Kier alpha value is -1.33. The van der Waals surface area contributed by atoms with Crippen LogP contribution >= 0.6 is 15.9 Å². The van der Waals surface area contributed by atoms with E-state index < -0.39 is 0 Å². The molecule has 18 heavy (non-hydrogen) atoms. The molecule has 0 spiro atoms. The van der Waals surface area contributed by atoms with E-state index in [2.05, 4.69) is 36.2 Å². The van der Waals surface area contributed by atoms with Crippen molar-refractivity contribution in [2.45, 2.75) is 20.4 Å². The van der Waals surface area contributed by atoms with Crippen LogP contribution < -0.4 is 5.32 Å². The molecule has 2 aromatic rings. The first-order valence-corrected chi connectivity index (χ1v) is 6.52. The lowest BCUT2D eigenvalue weighted by Crippen LogP contribution is -2.11. The minimum Gasteiger partial charge on any atom is -0.316 e. The number of hydrogen-bond acceptors (Lipinski definition) is 4. The predicted molar refractivity (Wildman–Crippen MR) is 75.2 cm³/mol. The summed E-state index contributed by atoms with van der Waals surface area (Å²) in [4.78, 5) is 13.4. The van der Waals surface area contributed by atoms with Gasteiger partial charge in [0.25, 0.3) is 0 Å². The summed E-state index contributed by atoms with van der Waals surface area (Å²) >= 11 is 3.48. The van der Waals surface area contributed by atoms with Gasteiger partial charge in [-0.05, 0) is 49.0 Å². The van der Waals surface area contributed by atoms with Gasteiger partial charge in [0.05, 0.1) is 0 Å². The van der Waals surface area contributed by atoms with E-state index in [0.717, 1.165) is 33.7 Å². The molecule has 0 saturated heterocycles. The van der Waals surface area contributed by atoms with Crippen molar-refractivity contribution < 1.29 is 0 Å². The lowest BCUT2D eigenvalue weighted by Gasteiger charge is -2.10. The summed E-state index contributed by atoms with van der Waals surface area (Å²) in [6, 6.07) is 3.82. The van der Waals surface area contributed by atoms with Crippen molar-refractivity contribution >= 4 is 15.9 Å². The van der Waals surface area contributed by atoms with Gasteiger partial charge in [0.1, 0.15) is 5.69 Å². The summed E-state index contributed by atoms with van der Waals surface area (Å²) in [5.74, 6) is 0.664. The first-order chi connectivity index (χ1) is 8.63. The quantitative estimate of drug-likeness (QED) is 0.947. The summed E-state index contributed by atoms with van der Waals surface area (Å²) in [6.45, 7) is 4.78. The molecule has 0 aliphatic rings. The molecule has 0 unspecified atom stereocenters. The molecule has 4 nitrogen and oxygen atoms in total. The van der Waals surface area contributed by atoms with Gasteiger partial charge in [0.15, 0.2) is 5.82 Å². The van der Waals surface area contributed by atoms with Gasteiger partial charge in [-0.3, -0.25) is 4.98 Å². The lowest BCUT2D eigenvalue weighted by molar-refractivity contribution is 0.786. The van der Waals surface area contributed by atoms with Crippen molar-refractivity contribution in [1.29, 1.82) is 0 Å². The predicted octanol–water partition coefficient (Wildman–Crippen LogP) is 2.64. The zero-order valence-electron chi connectivity index (χ0n) is 10.7. The van der Waals surface area contributed by atoms with Crippen molar-refractivity contribution in [3.05, 3.63) is 39.8 Å². The van der Waals surface area contributed by atoms with E-state index in [9.17, 15) is 0 Å². The average Bonchev–Trinajstić information content (AvgIpc) is 2.34. The van der Waals surface area contributed by atoms with Crippen molar-refractivity contribution in [2.75, 3.05) is 7.05 Å². The molecule has 0 aliphatic heterocycles. The van der Waals surface area contributed by atoms with Crippen LogP contribution in [0.15, 0.2) is 22.8 Å². The smallest absolute Gasteiger partial charge is 0.179 e. The SMILES string of the molecule is CNCc1c(C)nc(-c2ncccc2Br)nc1C. The number of aromatic nitrogens is 3. The lowest BCUT2D eigenvalue weighted by atomic mass is 10.1. The maximum Gasteiger partial charge on any atom is 0.179 e. The van der Waals surface area contributed by atoms with Crippen LogP contribution in [0.2, 0.25) is 0 Å². The molecule has 1 N–H and O–H groups in total. The van der Waals surface area contributed by atoms with Gasteiger partial charge in [0, 0.05) is 34.2 Å². The van der Waals surface area contributed by atoms with Gasteiger partial charge in [0.2, 0.25) is 0 Å².